The Morgan fingerprint density at radius 3 is 1.87 bits per heavy atom. The second kappa shape index (κ2) is 14.7. The number of hydrogen-bond donors (Lipinski definition) is 10. The van der Waals surface area contributed by atoms with Crippen molar-refractivity contribution in [3.8, 4) is 0 Å². The van der Waals surface area contributed by atoms with E-state index in [9.17, 15) is 24.3 Å². The van der Waals surface area contributed by atoms with Crippen LogP contribution in [0.2, 0.25) is 0 Å². The van der Waals surface area contributed by atoms with Crippen LogP contribution in [-0.2, 0) is 19.2 Å². The summed E-state index contributed by atoms with van der Waals surface area (Å²) in [5.41, 5.74) is 16.0. The van der Waals surface area contributed by atoms with Crippen LogP contribution in [0.4, 0.5) is 0 Å². The van der Waals surface area contributed by atoms with E-state index in [4.69, 9.17) is 22.3 Å². The SMILES string of the molecule is CC(O)C(N)C(=O)NC(CS)C(=O)NC(CCCN=C(N)N)C(=O)NC(CS)C(=O)O. The van der Waals surface area contributed by atoms with Gasteiger partial charge in [0.25, 0.3) is 0 Å². The number of amides is 3. The van der Waals surface area contributed by atoms with Crippen LogP contribution in [0.25, 0.3) is 0 Å². The van der Waals surface area contributed by atoms with Gasteiger partial charge in [0, 0.05) is 18.1 Å². The van der Waals surface area contributed by atoms with Gasteiger partial charge in [0.15, 0.2) is 5.96 Å². The summed E-state index contributed by atoms with van der Waals surface area (Å²) in [4.78, 5) is 52.1. The minimum Gasteiger partial charge on any atom is -0.480 e. The van der Waals surface area contributed by atoms with E-state index in [2.05, 4.69) is 46.2 Å². The second-order valence-corrected chi connectivity index (χ2v) is 7.33. The quantitative estimate of drug-likeness (QED) is 0.0505. The lowest BCUT2D eigenvalue weighted by Gasteiger charge is -2.24. The maximum absolute atomic E-state index is 12.6. The van der Waals surface area contributed by atoms with Gasteiger partial charge in [-0.25, -0.2) is 4.79 Å². The molecular formula is C16H31N7O6S2. The molecule has 31 heavy (non-hydrogen) atoms. The average Bonchev–Trinajstić information content (AvgIpc) is 2.70. The van der Waals surface area contributed by atoms with Crippen molar-refractivity contribution in [3.63, 3.8) is 0 Å². The average molecular weight is 482 g/mol. The van der Waals surface area contributed by atoms with Crippen molar-refractivity contribution in [2.75, 3.05) is 18.1 Å². The lowest BCUT2D eigenvalue weighted by atomic mass is 10.1. The zero-order valence-corrected chi connectivity index (χ0v) is 18.8. The standard InChI is InChI=1S/C16H31N7O6S2/c1-7(24)11(17)14(27)22-9(5-30)13(26)21-8(3-2-4-20-16(18)19)12(25)23-10(6-31)15(28)29/h7-11,24,30-31H,2-6,17H2,1H3,(H,21,26)(H,22,27)(H,23,25)(H,28,29)(H4,18,19,20). The lowest BCUT2D eigenvalue weighted by molar-refractivity contribution is -0.141. The Kier molecular flexibility index (Phi) is 13.7. The molecule has 0 aliphatic rings. The molecule has 0 radical (unpaired) electrons. The van der Waals surface area contributed by atoms with Crippen LogP contribution in [0.5, 0.6) is 0 Å². The predicted octanol–water partition coefficient (Wildman–Crippen LogP) is -3.85. The zero-order chi connectivity index (χ0) is 24.1. The molecular weight excluding hydrogens is 450 g/mol. The molecule has 0 spiro atoms. The number of guanidine groups is 1. The molecule has 0 aromatic heterocycles. The highest BCUT2D eigenvalue weighted by molar-refractivity contribution is 7.80. The van der Waals surface area contributed by atoms with Crippen LogP contribution in [-0.4, -0.2) is 88.2 Å². The number of rotatable bonds is 14. The van der Waals surface area contributed by atoms with Gasteiger partial charge in [-0.3, -0.25) is 19.4 Å². The van der Waals surface area contributed by atoms with Gasteiger partial charge in [0.2, 0.25) is 17.7 Å². The summed E-state index contributed by atoms with van der Waals surface area (Å²) in [6, 6.07) is -4.83. The molecule has 0 aliphatic heterocycles. The van der Waals surface area contributed by atoms with Gasteiger partial charge in [-0.1, -0.05) is 0 Å². The third kappa shape index (κ3) is 11.1. The number of carbonyl (C=O) groups is 4. The minimum absolute atomic E-state index is 0.0771. The van der Waals surface area contributed by atoms with Gasteiger partial charge in [-0.05, 0) is 19.8 Å². The molecule has 0 aromatic carbocycles. The van der Waals surface area contributed by atoms with E-state index < -0.39 is 54.0 Å². The molecule has 178 valence electrons. The van der Waals surface area contributed by atoms with Crippen LogP contribution in [0.1, 0.15) is 19.8 Å². The van der Waals surface area contributed by atoms with Crippen molar-refractivity contribution in [1.29, 1.82) is 0 Å². The summed E-state index contributed by atoms with van der Waals surface area (Å²) in [5, 5.41) is 25.6. The molecule has 0 rings (SSSR count). The first kappa shape index (κ1) is 28.8. The minimum atomic E-state index is -1.29. The number of hydrogen-bond acceptors (Lipinski definition) is 9. The molecule has 0 aromatic rings. The summed E-state index contributed by atoms with van der Waals surface area (Å²) in [6.07, 6.45) is -0.778. The lowest BCUT2D eigenvalue weighted by Crippen LogP contribution is -2.58. The zero-order valence-electron chi connectivity index (χ0n) is 17.0. The first-order valence-electron chi connectivity index (χ1n) is 9.29. The Bertz CT molecular complexity index is 660. The molecule has 0 bridgehead atoms. The first-order chi connectivity index (χ1) is 14.4. The van der Waals surface area contributed by atoms with E-state index in [-0.39, 0.29) is 30.4 Å². The molecule has 0 heterocycles. The molecule has 13 nitrogen and oxygen atoms in total. The number of nitrogens with one attached hydrogen (secondary N) is 3. The molecule has 0 aliphatic carbocycles. The number of aliphatic carboxylic acids is 1. The first-order valence-corrected chi connectivity index (χ1v) is 10.6. The molecule has 11 N–H and O–H groups in total. The third-order valence-corrected chi connectivity index (χ3v) is 4.74. The van der Waals surface area contributed by atoms with Gasteiger partial charge in [-0.15, -0.1) is 0 Å². The smallest absolute Gasteiger partial charge is 0.327 e. The van der Waals surface area contributed by atoms with Crippen LogP contribution >= 0.6 is 25.3 Å². The fourth-order valence-electron chi connectivity index (χ4n) is 2.18. The number of nitrogens with zero attached hydrogens (tertiary/aromatic N) is 1. The van der Waals surface area contributed by atoms with Gasteiger partial charge in [-0.2, -0.15) is 25.3 Å². The number of nitrogens with two attached hydrogens (primary N) is 3. The van der Waals surface area contributed by atoms with Crippen molar-refractivity contribution in [2.45, 2.75) is 50.0 Å². The summed E-state index contributed by atoms with van der Waals surface area (Å²) >= 11 is 7.90. The summed E-state index contributed by atoms with van der Waals surface area (Å²) in [6.45, 7) is 1.49. The highest BCUT2D eigenvalue weighted by atomic mass is 32.1. The Balaban J connectivity index is 5.29. The number of thiol groups is 2. The number of aliphatic imine (C=N–C) groups is 1. The Morgan fingerprint density at radius 2 is 1.42 bits per heavy atom. The summed E-state index contributed by atoms with van der Waals surface area (Å²) in [7, 11) is 0. The van der Waals surface area contributed by atoms with Crippen LogP contribution < -0.4 is 33.2 Å². The van der Waals surface area contributed by atoms with E-state index >= 15 is 0 Å². The van der Waals surface area contributed by atoms with Crippen LogP contribution in [0.15, 0.2) is 4.99 Å². The molecule has 0 saturated carbocycles. The number of carboxylic acid groups (broad SMARTS) is 1. The summed E-state index contributed by atoms with van der Waals surface area (Å²) < 4.78 is 0. The fraction of sp³-hybridized carbons (Fsp3) is 0.688. The van der Waals surface area contributed by atoms with Crippen molar-refractivity contribution in [1.82, 2.24) is 16.0 Å². The van der Waals surface area contributed by atoms with Gasteiger partial charge in [0.05, 0.1) is 6.10 Å². The van der Waals surface area contributed by atoms with Crippen LogP contribution in [0, 0.1) is 0 Å². The van der Waals surface area contributed by atoms with E-state index in [1.54, 1.807) is 0 Å². The second-order valence-electron chi connectivity index (χ2n) is 6.60. The largest absolute Gasteiger partial charge is 0.480 e. The van der Waals surface area contributed by atoms with E-state index in [1.807, 2.05) is 0 Å². The maximum atomic E-state index is 12.6. The highest BCUT2D eigenvalue weighted by Gasteiger charge is 2.30. The van der Waals surface area contributed by atoms with Gasteiger partial charge in [0.1, 0.15) is 24.2 Å². The molecule has 5 unspecified atom stereocenters. The molecule has 0 fully saturated rings. The number of carbonyl (C=O) groups excluding carboxylic acids is 3. The normalized spacial score (nSPS) is 15.5. The monoisotopic (exact) mass is 481 g/mol. The highest BCUT2D eigenvalue weighted by Crippen LogP contribution is 2.03. The molecule has 3 amide bonds. The van der Waals surface area contributed by atoms with Crippen LogP contribution in [0.3, 0.4) is 0 Å². The van der Waals surface area contributed by atoms with Crippen molar-refractivity contribution < 1.29 is 29.4 Å². The van der Waals surface area contributed by atoms with Crippen molar-refractivity contribution >= 4 is 54.9 Å². The number of aliphatic hydroxyl groups is 1. The Hall–Kier alpha value is -2.23. The number of carboxylic acids is 1. The van der Waals surface area contributed by atoms with E-state index in [1.165, 1.54) is 6.92 Å². The van der Waals surface area contributed by atoms with E-state index in [0.29, 0.717) is 6.42 Å². The molecule has 15 heteroatoms. The van der Waals surface area contributed by atoms with Gasteiger partial charge >= 0.3 is 5.97 Å². The Labute approximate surface area is 190 Å². The van der Waals surface area contributed by atoms with Crippen molar-refractivity contribution in [2.24, 2.45) is 22.2 Å². The maximum Gasteiger partial charge on any atom is 0.327 e. The Morgan fingerprint density at radius 1 is 0.935 bits per heavy atom. The van der Waals surface area contributed by atoms with E-state index in [0.717, 1.165) is 0 Å². The van der Waals surface area contributed by atoms with Gasteiger partial charge < -0.3 is 43.4 Å². The van der Waals surface area contributed by atoms with Crippen molar-refractivity contribution in [3.05, 3.63) is 0 Å². The fourth-order valence-corrected chi connectivity index (χ4v) is 2.69. The number of aliphatic hydroxyl groups excluding tert-OH is 1. The summed E-state index contributed by atoms with van der Waals surface area (Å²) in [5.74, 6) is -4.01. The third-order valence-electron chi connectivity index (χ3n) is 4.01. The molecule has 5 atom stereocenters. The predicted molar refractivity (Wildman–Crippen MR) is 121 cm³/mol. The molecule has 0 saturated heterocycles. The topological polar surface area (TPSA) is 235 Å².